The lowest BCUT2D eigenvalue weighted by Gasteiger charge is -2.08. The van der Waals surface area contributed by atoms with E-state index < -0.39 is 0 Å². The molecule has 1 heterocycles. The summed E-state index contributed by atoms with van der Waals surface area (Å²) in [6.45, 7) is 2.11. The number of carbonyl (C=O) groups is 1. The van der Waals surface area contributed by atoms with Gasteiger partial charge in [-0.3, -0.25) is 4.79 Å². The van der Waals surface area contributed by atoms with Crippen molar-refractivity contribution in [1.82, 2.24) is 4.57 Å². The van der Waals surface area contributed by atoms with E-state index in [2.05, 4.69) is 12.2 Å². The summed E-state index contributed by atoms with van der Waals surface area (Å²) in [4.78, 5) is 12.5. The number of aryl methyl sites for hydroxylation is 2. The van der Waals surface area contributed by atoms with Crippen LogP contribution < -0.4 is 5.32 Å². The maximum Gasteiger partial charge on any atom is 0.257 e. The van der Waals surface area contributed by atoms with Gasteiger partial charge in [0.25, 0.3) is 5.91 Å². The van der Waals surface area contributed by atoms with Crippen molar-refractivity contribution < 1.29 is 4.79 Å². The first kappa shape index (κ1) is 13.4. The predicted molar refractivity (Wildman–Crippen MR) is 86.7 cm³/mol. The SMILES string of the molecule is CCc1ccc(NC(=O)c2cccc3ccn(C)c23)cc1. The summed E-state index contributed by atoms with van der Waals surface area (Å²) in [6.07, 6.45) is 2.97. The van der Waals surface area contributed by atoms with Gasteiger partial charge in [-0.2, -0.15) is 0 Å². The Morgan fingerprint density at radius 2 is 1.86 bits per heavy atom. The van der Waals surface area contributed by atoms with E-state index in [1.807, 2.05) is 66.3 Å². The number of rotatable bonds is 3. The van der Waals surface area contributed by atoms with Gasteiger partial charge in [0.15, 0.2) is 0 Å². The maximum absolute atomic E-state index is 12.5. The minimum atomic E-state index is -0.0772. The van der Waals surface area contributed by atoms with Gasteiger partial charge < -0.3 is 9.88 Å². The van der Waals surface area contributed by atoms with Crippen LogP contribution in [0.3, 0.4) is 0 Å². The molecule has 3 heteroatoms. The van der Waals surface area contributed by atoms with Gasteiger partial charge in [-0.05, 0) is 36.2 Å². The second-order valence-electron chi connectivity index (χ2n) is 5.17. The minimum absolute atomic E-state index is 0.0772. The van der Waals surface area contributed by atoms with Crippen molar-refractivity contribution in [3.63, 3.8) is 0 Å². The third kappa shape index (κ3) is 2.55. The van der Waals surface area contributed by atoms with E-state index in [-0.39, 0.29) is 5.91 Å². The molecular formula is C18H18N2O. The number of hydrogen-bond donors (Lipinski definition) is 1. The monoisotopic (exact) mass is 278 g/mol. The molecule has 0 aliphatic carbocycles. The Kier molecular flexibility index (Phi) is 3.48. The highest BCUT2D eigenvalue weighted by molar-refractivity contribution is 6.12. The summed E-state index contributed by atoms with van der Waals surface area (Å²) in [5.74, 6) is -0.0772. The molecule has 0 spiro atoms. The van der Waals surface area contributed by atoms with E-state index in [4.69, 9.17) is 0 Å². The first-order chi connectivity index (χ1) is 10.2. The molecule has 0 saturated heterocycles. The Bertz CT molecular complexity index is 785. The molecule has 0 saturated carbocycles. The van der Waals surface area contributed by atoms with Crippen molar-refractivity contribution in [1.29, 1.82) is 0 Å². The van der Waals surface area contributed by atoms with Crippen LogP contribution in [0.15, 0.2) is 54.7 Å². The number of nitrogens with zero attached hydrogens (tertiary/aromatic N) is 1. The zero-order chi connectivity index (χ0) is 14.8. The maximum atomic E-state index is 12.5. The van der Waals surface area contributed by atoms with Crippen LogP contribution in [0.2, 0.25) is 0 Å². The molecule has 0 radical (unpaired) electrons. The summed E-state index contributed by atoms with van der Waals surface area (Å²) in [5, 5.41) is 4.04. The lowest BCUT2D eigenvalue weighted by molar-refractivity contribution is 0.102. The van der Waals surface area contributed by atoms with E-state index in [0.717, 1.165) is 23.0 Å². The number of aromatic nitrogens is 1. The van der Waals surface area contributed by atoms with Gasteiger partial charge in [0.1, 0.15) is 0 Å². The number of nitrogens with one attached hydrogen (secondary N) is 1. The molecule has 0 atom stereocenters. The van der Waals surface area contributed by atoms with Gasteiger partial charge in [0.05, 0.1) is 11.1 Å². The average molecular weight is 278 g/mol. The highest BCUT2D eigenvalue weighted by atomic mass is 16.1. The number of hydrogen-bond acceptors (Lipinski definition) is 1. The number of anilines is 1. The summed E-state index contributed by atoms with van der Waals surface area (Å²) >= 11 is 0. The Labute approximate surface area is 124 Å². The van der Waals surface area contributed by atoms with Crippen LogP contribution in [0.5, 0.6) is 0 Å². The standard InChI is InChI=1S/C18H18N2O/c1-3-13-7-9-15(10-8-13)19-18(21)16-6-4-5-14-11-12-20(2)17(14)16/h4-12H,3H2,1-2H3,(H,19,21). The van der Waals surface area contributed by atoms with Crippen molar-refractivity contribution in [2.24, 2.45) is 7.05 Å². The van der Waals surface area contributed by atoms with Crippen LogP contribution in [-0.4, -0.2) is 10.5 Å². The van der Waals surface area contributed by atoms with Gasteiger partial charge in [-0.15, -0.1) is 0 Å². The van der Waals surface area contributed by atoms with Crippen molar-refractivity contribution in [2.45, 2.75) is 13.3 Å². The third-order valence-electron chi connectivity index (χ3n) is 3.76. The highest BCUT2D eigenvalue weighted by Crippen LogP contribution is 2.21. The highest BCUT2D eigenvalue weighted by Gasteiger charge is 2.12. The number of carbonyl (C=O) groups excluding carboxylic acids is 1. The molecule has 3 nitrogen and oxygen atoms in total. The topological polar surface area (TPSA) is 34.0 Å². The second kappa shape index (κ2) is 5.44. The number of amides is 1. The van der Waals surface area contributed by atoms with Gasteiger partial charge >= 0.3 is 0 Å². The van der Waals surface area contributed by atoms with Crippen molar-refractivity contribution in [3.8, 4) is 0 Å². The zero-order valence-corrected chi connectivity index (χ0v) is 12.3. The van der Waals surface area contributed by atoms with Crippen molar-refractivity contribution in [3.05, 3.63) is 65.9 Å². The molecule has 0 aliphatic rings. The van der Waals surface area contributed by atoms with Crippen LogP contribution in [0.25, 0.3) is 10.9 Å². The summed E-state index contributed by atoms with van der Waals surface area (Å²) in [5.41, 5.74) is 3.74. The predicted octanol–water partition coefficient (Wildman–Crippen LogP) is 3.99. The third-order valence-corrected chi connectivity index (χ3v) is 3.76. The normalized spacial score (nSPS) is 10.8. The van der Waals surface area contributed by atoms with Gasteiger partial charge in [0.2, 0.25) is 0 Å². The first-order valence-corrected chi connectivity index (χ1v) is 7.13. The largest absolute Gasteiger partial charge is 0.350 e. The number of benzene rings is 2. The minimum Gasteiger partial charge on any atom is -0.350 e. The Balaban J connectivity index is 1.91. The van der Waals surface area contributed by atoms with Gasteiger partial charge in [0, 0.05) is 24.3 Å². The molecule has 0 fully saturated rings. The molecule has 106 valence electrons. The molecule has 1 aromatic heterocycles. The number of fused-ring (bicyclic) bond motifs is 1. The molecule has 21 heavy (non-hydrogen) atoms. The first-order valence-electron chi connectivity index (χ1n) is 7.13. The fourth-order valence-electron chi connectivity index (χ4n) is 2.56. The Hall–Kier alpha value is -2.55. The molecule has 0 aliphatic heterocycles. The van der Waals surface area contributed by atoms with Crippen molar-refractivity contribution >= 4 is 22.5 Å². The fraction of sp³-hybridized carbons (Fsp3) is 0.167. The van der Waals surface area contributed by atoms with E-state index in [1.54, 1.807) is 0 Å². The zero-order valence-electron chi connectivity index (χ0n) is 12.3. The van der Waals surface area contributed by atoms with Crippen LogP contribution >= 0.6 is 0 Å². The lowest BCUT2D eigenvalue weighted by Crippen LogP contribution is -2.13. The summed E-state index contributed by atoms with van der Waals surface area (Å²) < 4.78 is 1.98. The fourth-order valence-corrected chi connectivity index (χ4v) is 2.56. The molecule has 0 unspecified atom stereocenters. The smallest absolute Gasteiger partial charge is 0.257 e. The number of para-hydroxylation sites is 1. The molecule has 3 aromatic rings. The van der Waals surface area contributed by atoms with E-state index in [9.17, 15) is 4.79 Å². The summed E-state index contributed by atoms with van der Waals surface area (Å²) in [6, 6.07) is 15.8. The molecule has 3 rings (SSSR count). The summed E-state index contributed by atoms with van der Waals surface area (Å²) in [7, 11) is 1.95. The van der Waals surface area contributed by atoms with Crippen LogP contribution in [0, 0.1) is 0 Å². The van der Waals surface area contributed by atoms with Gasteiger partial charge in [-0.25, -0.2) is 0 Å². The average Bonchev–Trinajstić information content (AvgIpc) is 2.90. The van der Waals surface area contributed by atoms with Crippen molar-refractivity contribution in [2.75, 3.05) is 5.32 Å². The van der Waals surface area contributed by atoms with Crippen LogP contribution in [0.1, 0.15) is 22.8 Å². The van der Waals surface area contributed by atoms with Gasteiger partial charge in [-0.1, -0.05) is 31.2 Å². The van der Waals surface area contributed by atoms with Crippen LogP contribution in [-0.2, 0) is 13.5 Å². The Morgan fingerprint density at radius 1 is 1.10 bits per heavy atom. The Morgan fingerprint density at radius 3 is 2.57 bits per heavy atom. The van der Waals surface area contributed by atoms with E-state index in [1.165, 1.54) is 5.56 Å². The van der Waals surface area contributed by atoms with E-state index in [0.29, 0.717) is 5.56 Å². The van der Waals surface area contributed by atoms with E-state index >= 15 is 0 Å². The second-order valence-corrected chi connectivity index (χ2v) is 5.17. The van der Waals surface area contributed by atoms with Crippen LogP contribution in [0.4, 0.5) is 5.69 Å². The molecule has 2 aromatic carbocycles. The molecule has 1 amide bonds. The quantitative estimate of drug-likeness (QED) is 0.772. The lowest BCUT2D eigenvalue weighted by atomic mass is 10.1. The molecule has 0 bridgehead atoms. The molecular weight excluding hydrogens is 260 g/mol. The molecule has 1 N–H and O–H groups in total.